The molecule has 0 saturated heterocycles. The fourth-order valence-electron chi connectivity index (χ4n) is 2.24. The molecule has 0 aliphatic rings. The first kappa shape index (κ1) is 14.8. The minimum absolute atomic E-state index is 0.0839. The molecule has 0 aliphatic heterocycles. The number of aromatic hydroxyl groups is 1. The van der Waals surface area contributed by atoms with Crippen LogP contribution in [-0.4, -0.2) is 10.0 Å². The molecule has 0 aliphatic carbocycles. The van der Waals surface area contributed by atoms with Gasteiger partial charge in [0.25, 0.3) is 5.69 Å². The van der Waals surface area contributed by atoms with Gasteiger partial charge < -0.3 is 10.4 Å². The zero-order valence-electron chi connectivity index (χ0n) is 12.3. The lowest BCUT2D eigenvalue weighted by Gasteiger charge is -2.17. The fraction of sp³-hybridized carbons (Fsp3) is 0.250. The molecule has 5 nitrogen and oxygen atoms in total. The summed E-state index contributed by atoms with van der Waals surface area (Å²) in [6, 6.07) is 10.2. The van der Waals surface area contributed by atoms with E-state index < -0.39 is 4.92 Å². The van der Waals surface area contributed by atoms with E-state index >= 15 is 0 Å². The molecule has 0 spiro atoms. The van der Waals surface area contributed by atoms with Crippen molar-refractivity contribution in [2.75, 3.05) is 5.32 Å². The Hall–Kier alpha value is -2.56. The Morgan fingerprint density at radius 3 is 2.57 bits per heavy atom. The summed E-state index contributed by atoms with van der Waals surface area (Å²) in [5.74, 6) is 0.210. The van der Waals surface area contributed by atoms with Gasteiger partial charge in [-0.1, -0.05) is 23.8 Å². The van der Waals surface area contributed by atoms with Gasteiger partial charge in [0.2, 0.25) is 0 Å². The maximum atomic E-state index is 11.0. The Morgan fingerprint density at radius 1 is 1.19 bits per heavy atom. The van der Waals surface area contributed by atoms with E-state index in [0.717, 1.165) is 11.1 Å². The van der Waals surface area contributed by atoms with Crippen LogP contribution in [0, 0.1) is 24.0 Å². The number of phenolic OH excluding ortho intramolecular Hbond substituents is 1. The van der Waals surface area contributed by atoms with E-state index in [-0.39, 0.29) is 17.5 Å². The van der Waals surface area contributed by atoms with Crippen LogP contribution in [0.2, 0.25) is 0 Å². The third-order valence-electron chi connectivity index (χ3n) is 3.44. The van der Waals surface area contributed by atoms with Gasteiger partial charge in [0, 0.05) is 22.9 Å². The molecule has 2 aromatic carbocycles. The maximum absolute atomic E-state index is 11.0. The zero-order valence-corrected chi connectivity index (χ0v) is 12.3. The lowest BCUT2D eigenvalue weighted by molar-refractivity contribution is -0.385. The van der Waals surface area contributed by atoms with Crippen LogP contribution in [0.3, 0.4) is 0 Å². The average Bonchev–Trinajstić information content (AvgIpc) is 2.43. The number of nitro benzene ring substituents is 1. The second-order valence-corrected chi connectivity index (χ2v) is 5.19. The highest BCUT2D eigenvalue weighted by molar-refractivity contribution is 5.56. The van der Waals surface area contributed by atoms with Crippen LogP contribution in [0.5, 0.6) is 5.75 Å². The first-order valence-electron chi connectivity index (χ1n) is 6.69. The molecule has 0 saturated carbocycles. The molecule has 0 amide bonds. The van der Waals surface area contributed by atoms with Gasteiger partial charge in [0.05, 0.1) is 11.0 Å². The van der Waals surface area contributed by atoms with Crippen LogP contribution in [-0.2, 0) is 0 Å². The Balaban J connectivity index is 2.27. The Morgan fingerprint density at radius 2 is 1.90 bits per heavy atom. The van der Waals surface area contributed by atoms with E-state index in [9.17, 15) is 15.2 Å². The number of hydrogen-bond acceptors (Lipinski definition) is 4. The van der Waals surface area contributed by atoms with Gasteiger partial charge >= 0.3 is 0 Å². The first-order valence-corrected chi connectivity index (χ1v) is 6.69. The fourth-order valence-corrected chi connectivity index (χ4v) is 2.24. The van der Waals surface area contributed by atoms with Crippen LogP contribution in [0.1, 0.15) is 29.7 Å². The normalized spacial score (nSPS) is 12.0. The summed E-state index contributed by atoms with van der Waals surface area (Å²) in [6.07, 6.45) is 0. The third-order valence-corrected chi connectivity index (χ3v) is 3.44. The molecule has 0 radical (unpaired) electrons. The highest BCUT2D eigenvalue weighted by Crippen LogP contribution is 2.29. The van der Waals surface area contributed by atoms with Crippen molar-refractivity contribution in [1.82, 2.24) is 0 Å². The molecule has 2 aromatic rings. The lowest BCUT2D eigenvalue weighted by Crippen LogP contribution is -2.07. The molecule has 110 valence electrons. The minimum atomic E-state index is -0.394. The molecule has 1 unspecified atom stereocenters. The summed E-state index contributed by atoms with van der Waals surface area (Å²) in [4.78, 5) is 10.6. The largest absolute Gasteiger partial charge is 0.508 e. The van der Waals surface area contributed by atoms with E-state index in [1.807, 2.05) is 26.0 Å². The molecule has 21 heavy (non-hydrogen) atoms. The zero-order chi connectivity index (χ0) is 15.6. The average molecular weight is 286 g/mol. The smallest absolute Gasteiger partial charge is 0.274 e. The van der Waals surface area contributed by atoms with E-state index in [2.05, 4.69) is 5.32 Å². The van der Waals surface area contributed by atoms with Crippen molar-refractivity contribution in [3.05, 3.63) is 63.2 Å². The Labute approximate surface area is 123 Å². The van der Waals surface area contributed by atoms with E-state index in [1.165, 1.54) is 6.07 Å². The monoisotopic (exact) mass is 286 g/mol. The molecule has 1 atom stereocenters. The number of benzene rings is 2. The Bertz CT molecular complexity index is 683. The highest BCUT2D eigenvalue weighted by atomic mass is 16.6. The predicted octanol–water partition coefficient (Wildman–Crippen LogP) is 4.09. The van der Waals surface area contributed by atoms with Crippen molar-refractivity contribution in [2.45, 2.75) is 26.8 Å². The number of nitrogens with one attached hydrogen (secondary N) is 1. The molecular formula is C16H18N2O3. The van der Waals surface area contributed by atoms with Crippen molar-refractivity contribution in [3.63, 3.8) is 0 Å². The van der Waals surface area contributed by atoms with E-state index in [1.54, 1.807) is 25.1 Å². The predicted molar refractivity (Wildman–Crippen MR) is 82.7 cm³/mol. The highest BCUT2D eigenvalue weighted by Gasteiger charge is 2.14. The molecular weight excluding hydrogens is 268 g/mol. The second kappa shape index (κ2) is 5.83. The van der Waals surface area contributed by atoms with Crippen LogP contribution >= 0.6 is 0 Å². The van der Waals surface area contributed by atoms with Crippen molar-refractivity contribution >= 4 is 11.4 Å². The molecule has 0 fully saturated rings. The van der Waals surface area contributed by atoms with Crippen molar-refractivity contribution in [3.8, 4) is 5.75 Å². The first-order chi connectivity index (χ1) is 9.88. The number of anilines is 1. The van der Waals surface area contributed by atoms with E-state index in [4.69, 9.17) is 0 Å². The number of nitro groups is 1. The summed E-state index contributed by atoms with van der Waals surface area (Å²) in [5, 5.41) is 24.1. The Kier molecular flexibility index (Phi) is 4.12. The van der Waals surface area contributed by atoms with Crippen LogP contribution in [0.25, 0.3) is 0 Å². The second-order valence-electron chi connectivity index (χ2n) is 5.19. The molecule has 2 rings (SSSR count). The number of aryl methyl sites for hydroxylation is 2. The SMILES string of the molecule is Cc1ccc(O)c(C(C)Nc2ccc(C)c([N+](=O)[O-])c2)c1. The molecule has 0 aromatic heterocycles. The number of rotatable bonds is 4. The van der Waals surface area contributed by atoms with Gasteiger partial charge in [-0.2, -0.15) is 0 Å². The summed E-state index contributed by atoms with van der Waals surface area (Å²) < 4.78 is 0. The van der Waals surface area contributed by atoms with Crippen molar-refractivity contribution in [1.29, 1.82) is 0 Å². The summed E-state index contributed by atoms with van der Waals surface area (Å²) in [5.41, 5.74) is 3.17. The topological polar surface area (TPSA) is 75.4 Å². The standard InChI is InChI=1S/C16H18N2O3/c1-10-4-7-16(19)14(8-10)12(3)17-13-6-5-11(2)15(9-13)18(20)21/h4-9,12,17,19H,1-3H3. The summed E-state index contributed by atoms with van der Waals surface area (Å²) in [6.45, 7) is 5.56. The van der Waals surface area contributed by atoms with Crippen LogP contribution in [0.15, 0.2) is 36.4 Å². The summed E-state index contributed by atoms with van der Waals surface area (Å²) in [7, 11) is 0. The molecule has 5 heteroatoms. The number of hydrogen-bond donors (Lipinski definition) is 2. The van der Waals surface area contributed by atoms with Crippen molar-refractivity contribution in [2.24, 2.45) is 0 Å². The quantitative estimate of drug-likeness (QED) is 0.655. The summed E-state index contributed by atoms with van der Waals surface area (Å²) >= 11 is 0. The van der Waals surface area contributed by atoms with Gasteiger partial charge in [-0.3, -0.25) is 10.1 Å². The van der Waals surface area contributed by atoms with Crippen LogP contribution in [0.4, 0.5) is 11.4 Å². The van der Waals surface area contributed by atoms with Gasteiger partial charge in [-0.05, 0) is 32.9 Å². The van der Waals surface area contributed by atoms with Gasteiger partial charge in [0.15, 0.2) is 0 Å². The van der Waals surface area contributed by atoms with Gasteiger partial charge in [-0.25, -0.2) is 0 Å². The van der Waals surface area contributed by atoms with E-state index in [0.29, 0.717) is 11.3 Å². The molecule has 0 bridgehead atoms. The van der Waals surface area contributed by atoms with Gasteiger partial charge in [-0.15, -0.1) is 0 Å². The number of phenols is 1. The minimum Gasteiger partial charge on any atom is -0.508 e. The third kappa shape index (κ3) is 3.31. The molecule has 2 N–H and O–H groups in total. The molecule has 0 heterocycles. The van der Waals surface area contributed by atoms with Crippen molar-refractivity contribution < 1.29 is 10.0 Å². The lowest BCUT2D eigenvalue weighted by atomic mass is 10.0. The van der Waals surface area contributed by atoms with Gasteiger partial charge in [0.1, 0.15) is 5.75 Å². The maximum Gasteiger partial charge on any atom is 0.274 e. The number of nitrogens with zero attached hydrogens (tertiary/aromatic N) is 1. The van der Waals surface area contributed by atoms with Crippen LogP contribution < -0.4 is 5.32 Å².